The van der Waals surface area contributed by atoms with Gasteiger partial charge in [-0.25, -0.2) is 9.67 Å². The van der Waals surface area contributed by atoms with Gasteiger partial charge in [0.1, 0.15) is 12.7 Å². The van der Waals surface area contributed by atoms with Crippen LogP contribution in [-0.2, 0) is 6.54 Å². The molecule has 0 aliphatic carbocycles. The minimum absolute atomic E-state index is 0.0815. The van der Waals surface area contributed by atoms with E-state index in [1.165, 1.54) is 22.9 Å². The SMILES string of the molecule is O=C(c1ccc(-n2cncn2)nn1)N1CCN(Cc2ccccc2)CC1. The van der Waals surface area contributed by atoms with E-state index in [0.29, 0.717) is 24.6 Å². The third-order valence-corrected chi connectivity index (χ3v) is 4.43. The summed E-state index contributed by atoms with van der Waals surface area (Å²) in [7, 11) is 0. The molecule has 0 atom stereocenters. The number of hydrogen-bond donors (Lipinski definition) is 0. The van der Waals surface area contributed by atoms with Crippen LogP contribution in [0.3, 0.4) is 0 Å². The number of benzene rings is 1. The molecular weight excluding hydrogens is 330 g/mol. The molecule has 4 rings (SSSR count). The summed E-state index contributed by atoms with van der Waals surface area (Å²) in [6.45, 7) is 4.00. The van der Waals surface area contributed by atoms with Gasteiger partial charge in [0, 0.05) is 32.7 Å². The predicted octanol–water partition coefficient (Wildman–Crippen LogP) is 1.02. The second-order valence-electron chi connectivity index (χ2n) is 6.17. The molecule has 1 fully saturated rings. The topological polar surface area (TPSA) is 80.0 Å². The van der Waals surface area contributed by atoms with Crippen LogP contribution >= 0.6 is 0 Å². The molecule has 0 N–H and O–H groups in total. The van der Waals surface area contributed by atoms with Crippen molar-refractivity contribution in [3.05, 3.63) is 66.4 Å². The van der Waals surface area contributed by atoms with E-state index in [9.17, 15) is 4.79 Å². The highest BCUT2D eigenvalue weighted by molar-refractivity contribution is 5.92. The van der Waals surface area contributed by atoms with E-state index in [2.05, 4.69) is 49.4 Å². The molecule has 8 nitrogen and oxygen atoms in total. The molecule has 2 aromatic heterocycles. The Morgan fingerprint density at radius 3 is 2.42 bits per heavy atom. The molecule has 1 aromatic carbocycles. The Kier molecular flexibility index (Phi) is 4.65. The maximum atomic E-state index is 12.6. The van der Waals surface area contributed by atoms with Gasteiger partial charge in [0.2, 0.25) is 0 Å². The van der Waals surface area contributed by atoms with Gasteiger partial charge in [-0.15, -0.1) is 10.2 Å². The molecule has 1 aliphatic rings. The summed E-state index contributed by atoms with van der Waals surface area (Å²) in [5.41, 5.74) is 1.65. The lowest BCUT2D eigenvalue weighted by Crippen LogP contribution is -2.48. The van der Waals surface area contributed by atoms with Crippen molar-refractivity contribution >= 4 is 5.91 Å². The monoisotopic (exact) mass is 349 g/mol. The average Bonchev–Trinajstić information content (AvgIpc) is 3.24. The quantitative estimate of drug-likeness (QED) is 0.699. The first-order valence-electron chi connectivity index (χ1n) is 8.54. The summed E-state index contributed by atoms with van der Waals surface area (Å²) < 4.78 is 1.50. The molecule has 3 heterocycles. The molecular formula is C18H19N7O. The van der Waals surface area contributed by atoms with E-state index in [4.69, 9.17) is 0 Å². The lowest BCUT2D eigenvalue weighted by molar-refractivity contribution is 0.0621. The smallest absolute Gasteiger partial charge is 0.274 e. The van der Waals surface area contributed by atoms with Gasteiger partial charge in [0.15, 0.2) is 11.5 Å². The van der Waals surface area contributed by atoms with Gasteiger partial charge in [-0.2, -0.15) is 5.10 Å². The molecule has 0 saturated carbocycles. The van der Waals surface area contributed by atoms with Crippen LogP contribution in [0.5, 0.6) is 0 Å². The van der Waals surface area contributed by atoms with Crippen molar-refractivity contribution in [3.63, 3.8) is 0 Å². The van der Waals surface area contributed by atoms with E-state index >= 15 is 0 Å². The average molecular weight is 349 g/mol. The highest BCUT2D eigenvalue weighted by atomic mass is 16.2. The zero-order valence-corrected chi connectivity index (χ0v) is 14.3. The van der Waals surface area contributed by atoms with E-state index in [1.807, 2.05) is 11.0 Å². The number of carbonyl (C=O) groups is 1. The van der Waals surface area contributed by atoms with Gasteiger partial charge < -0.3 is 4.90 Å². The van der Waals surface area contributed by atoms with Crippen molar-refractivity contribution < 1.29 is 4.79 Å². The molecule has 0 spiro atoms. The number of nitrogens with zero attached hydrogens (tertiary/aromatic N) is 7. The van der Waals surface area contributed by atoms with Crippen molar-refractivity contribution in [1.29, 1.82) is 0 Å². The second kappa shape index (κ2) is 7.40. The van der Waals surface area contributed by atoms with Crippen LogP contribution < -0.4 is 0 Å². The molecule has 1 saturated heterocycles. The molecule has 0 radical (unpaired) electrons. The van der Waals surface area contributed by atoms with Gasteiger partial charge in [-0.3, -0.25) is 9.69 Å². The number of amides is 1. The van der Waals surface area contributed by atoms with Crippen LogP contribution in [0.15, 0.2) is 55.1 Å². The lowest BCUT2D eigenvalue weighted by Gasteiger charge is -2.34. The Bertz CT molecular complexity index is 841. The summed E-state index contributed by atoms with van der Waals surface area (Å²) in [5, 5.41) is 12.1. The van der Waals surface area contributed by atoms with Crippen LogP contribution in [0.25, 0.3) is 5.82 Å². The van der Waals surface area contributed by atoms with Crippen LogP contribution in [0.4, 0.5) is 0 Å². The van der Waals surface area contributed by atoms with E-state index in [0.717, 1.165) is 19.6 Å². The van der Waals surface area contributed by atoms with Crippen molar-refractivity contribution in [2.24, 2.45) is 0 Å². The van der Waals surface area contributed by atoms with Crippen molar-refractivity contribution in [2.75, 3.05) is 26.2 Å². The summed E-state index contributed by atoms with van der Waals surface area (Å²) >= 11 is 0. The molecule has 3 aromatic rings. The summed E-state index contributed by atoms with van der Waals surface area (Å²) in [5.74, 6) is 0.453. The highest BCUT2D eigenvalue weighted by Gasteiger charge is 2.23. The zero-order chi connectivity index (χ0) is 17.8. The minimum atomic E-state index is -0.0815. The standard InChI is InChI=1S/C18H19N7O/c26-18(16-6-7-17(22-21-16)25-14-19-13-20-25)24-10-8-23(9-11-24)12-15-4-2-1-3-5-15/h1-7,13-14H,8-12H2. The van der Waals surface area contributed by atoms with Crippen LogP contribution in [0, 0.1) is 0 Å². The Hall–Kier alpha value is -3.13. The van der Waals surface area contributed by atoms with E-state index < -0.39 is 0 Å². The molecule has 1 amide bonds. The van der Waals surface area contributed by atoms with Gasteiger partial charge in [-0.1, -0.05) is 30.3 Å². The fourth-order valence-corrected chi connectivity index (χ4v) is 3.00. The second-order valence-corrected chi connectivity index (χ2v) is 6.17. The first-order chi connectivity index (χ1) is 12.8. The number of rotatable bonds is 4. The van der Waals surface area contributed by atoms with Crippen molar-refractivity contribution in [1.82, 2.24) is 34.8 Å². The molecule has 132 valence electrons. The lowest BCUT2D eigenvalue weighted by atomic mass is 10.2. The van der Waals surface area contributed by atoms with Gasteiger partial charge in [0.25, 0.3) is 5.91 Å². The van der Waals surface area contributed by atoms with E-state index in [1.54, 1.807) is 12.1 Å². The largest absolute Gasteiger partial charge is 0.335 e. The predicted molar refractivity (Wildman–Crippen MR) is 94.6 cm³/mol. The Morgan fingerprint density at radius 2 is 1.77 bits per heavy atom. The first kappa shape index (κ1) is 16.3. The molecule has 1 aliphatic heterocycles. The number of carbonyl (C=O) groups excluding carboxylic acids is 1. The molecule has 0 bridgehead atoms. The first-order valence-corrected chi connectivity index (χ1v) is 8.54. The van der Waals surface area contributed by atoms with Gasteiger partial charge >= 0.3 is 0 Å². The Morgan fingerprint density at radius 1 is 0.962 bits per heavy atom. The number of piperazine rings is 1. The zero-order valence-electron chi connectivity index (χ0n) is 14.3. The number of aromatic nitrogens is 5. The fraction of sp³-hybridized carbons (Fsp3) is 0.278. The van der Waals surface area contributed by atoms with Crippen molar-refractivity contribution in [2.45, 2.75) is 6.54 Å². The third-order valence-electron chi connectivity index (χ3n) is 4.43. The summed E-state index contributed by atoms with van der Waals surface area (Å²) in [6.07, 6.45) is 2.97. The number of hydrogen-bond acceptors (Lipinski definition) is 6. The Labute approximate surface area is 151 Å². The normalized spacial score (nSPS) is 15.2. The highest BCUT2D eigenvalue weighted by Crippen LogP contribution is 2.11. The van der Waals surface area contributed by atoms with Crippen LogP contribution in [0.1, 0.15) is 16.1 Å². The Balaban J connectivity index is 1.34. The van der Waals surface area contributed by atoms with Gasteiger partial charge in [0.05, 0.1) is 0 Å². The van der Waals surface area contributed by atoms with Crippen LogP contribution in [0.2, 0.25) is 0 Å². The fourth-order valence-electron chi connectivity index (χ4n) is 3.00. The molecule has 0 unspecified atom stereocenters. The third kappa shape index (κ3) is 3.60. The molecule has 8 heteroatoms. The van der Waals surface area contributed by atoms with E-state index in [-0.39, 0.29) is 5.91 Å². The maximum Gasteiger partial charge on any atom is 0.274 e. The van der Waals surface area contributed by atoms with Gasteiger partial charge in [-0.05, 0) is 17.7 Å². The van der Waals surface area contributed by atoms with Crippen molar-refractivity contribution in [3.8, 4) is 5.82 Å². The minimum Gasteiger partial charge on any atom is -0.335 e. The summed E-state index contributed by atoms with van der Waals surface area (Å²) in [4.78, 5) is 20.7. The maximum absolute atomic E-state index is 12.6. The summed E-state index contributed by atoms with van der Waals surface area (Å²) in [6, 6.07) is 13.8. The van der Waals surface area contributed by atoms with Crippen LogP contribution in [-0.4, -0.2) is 66.8 Å². The molecule has 26 heavy (non-hydrogen) atoms.